The van der Waals surface area contributed by atoms with Crippen molar-refractivity contribution in [2.45, 2.75) is 13.5 Å². The van der Waals surface area contributed by atoms with E-state index in [9.17, 15) is 0 Å². The molecule has 0 aromatic carbocycles. The van der Waals surface area contributed by atoms with E-state index in [4.69, 9.17) is 4.74 Å². The SMILES string of the molecule is CCOCc1ncc(Br)s1. The molecule has 0 saturated carbocycles. The molecule has 1 aromatic rings. The Morgan fingerprint density at radius 3 is 3.10 bits per heavy atom. The van der Waals surface area contributed by atoms with E-state index >= 15 is 0 Å². The fourth-order valence-corrected chi connectivity index (χ4v) is 1.79. The van der Waals surface area contributed by atoms with Crippen molar-refractivity contribution >= 4 is 27.3 Å². The maximum atomic E-state index is 5.16. The van der Waals surface area contributed by atoms with Gasteiger partial charge >= 0.3 is 0 Å². The second-order valence-electron chi connectivity index (χ2n) is 1.70. The molecule has 0 atom stereocenters. The molecule has 0 aliphatic carbocycles. The molecule has 1 heterocycles. The second kappa shape index (κ2) is 4.05. The summed E-state index contributed by atoms with van der Waals surface area (Å²) in [4.78, 5) is 4.10. The van der Waals surface area contributed by atoms with Crippen molar-refractivity contribution in [3.63, 3.8) is 0 Å². The van der Waals surface area contributed by atoms with Crippen molar-refractivity contribution in [2.24, 2.45) is 0 Å². The van der Waals surface area contributed by atoms with Crippen LogP contribution in [0.5, 0.6) is 0 Å². The third-order valence-electron chi connectivity index (χ3n) is 0.955. The van der Waals surface area contributed by atoms with Crippen molar-refractivity contribution in [1.82, 2.24) is 4.98 Å². The zero-order valence-electron chi connectivity index (χ0n) is 5.63. The molecular weight excluding hydrogens is 214 g/mol. The number of hydrogen-bond donors (Lipinski definition) is 0. The van der Waals surface area contributed by atoms with Crippen LogP contribution in [-0.4, -0.2) is 11.6 Å². The van der Waals surface area contributed by atoms with E-state index in [1.807, 2.05) is 6.92 Å². The first kappa shape index (κ1) is 8.17. The monoisotopic (exact) mass is 221 g/mol. The highest BCUT2D eigenvalue weighted by Crippen LogP contribution is 2.19. The quantitative estimate of drug-likeness (QED) is 0.783. The van der Waals surface area contributed by atoms with Gasteiger partial charge in [-0.1, -0.05) is 0 Å². The normalized spacial score (nSPS) is 10.2. The van der Waals surface area contributed by atoms with Gasteiger partial charge in [0.2, 0.25) is 0 Å². The maximum Gasteiger partial charge on any atom is 0.119 e. The Morgan fingerprint density at radius 1 is 1.80 bits per heavy atom. The summed E-state index contributed by atoms with van der Waals surface area (Å²) < 4.78 is 6.22. The lowest BCUT2D eigenvalue weighted by Gasteiger charge is -1.93. The zero-order valence-corrected chi connectivity index (χ0v) is 8.04. The average Bonchev–Trinajstić information content (AvgIpc) is 2.31. The Labute approximate surface area is 72.4 Å². The summed E-state index contributed by atoms with van der Waals surface area (Å²) >= 11 is 4.93. The third-order valence-corrected chi connectivity index (χ3v) is 2.40. The van der Waals surface area contributed by atoms with Crippen LogP contribution >= 0.6 is 27.3 Å². The van der Waals surface area contributed by atoms with E-state index in [-0.39, 0.29) is 0 Å². The second-order valence-corrected chi connectivity index (χ2v) is 4.19. The van der Waals surface area contributed by atoms with Crippen molar-refractivity contribution in [1.29, 1.82) is 0 Å². The largest absolute Gasteiger partial charge is 0.375 e. The average molecular weight is 222 g/mol. The molecule has 10 heavy (non-hydrogen) atoms. The summed E-state index contributed by atoms with van der Waals surface area (Å²) in [6.07, 6.45) is 1.79. The zero-order chi connectivity index (χ0) is 7.40. The van der Waals surface area contributed by atoms with E-state index in [1.54, 1.807) is 17.5 Å². The summed E-state index contributed by atoms with van der Waals surface area (Å²) in [6.45, 7) is 3.35. The van der Waals surface area contributed by atoms with Gasteiger partial charge in [0.1, 0.15) is 5.01 Å². The molecule has 4 heteroatoms. The van der Waals surface area contributed by atoms with Crippen LogP contribution in [0, 0.1) is 0 Å². The van der Waals surface area contributed by atoms with Gasteiger partial charge in [0.25, 0.3) is 0 Å². The van der Waals surface area contributed by atoms with Gasteiger partial charge in [-0.2, -0.15) is 0 Å². The number of rotatable bonds is 3. The summed E-state index contributed by atoms with van der Waals surface area (Å²) in [7, 11) is 0. The molecule has 2 nitrogen and oxygen atoms in total. The van der Waals surface area contributed by atoms with Gasteiger partial charge in [-0.05, 0) is 22.9 Å². The Hall–Kier alpha value is 0.0700. The van der Waals surface area contributed by atoms with Crippen LogP contribution in [0.25, 0.3) is 0 Å². The minimum Gasteiger partial charge on any atom is -0.375 e. The fraction of sp³-hybridized carbons (Fsp3) is 0.500. The van der Waals surface area contributed by atoms with E-state index < -0.39 is 0 Å². The molecule has 0 aliphatic rings. The molecule has 0 amide bonds. The smallest absolute Gasteiger partial charge is 0.119 e. The van der Waals surface area contributed by atoms with Crippen molar-refractivity contribution in [3.05, 3.63) is 15.0 Å². The third kappa shape index (κ3) is 2.36. The lowest BCUT2D eigenvalue weighted by molar-refractivity contribution is 0.134. The van der Waals surface area contributed by atoms with Crippen LogP contribution in [-0.2, 0) is 11.3 Å². The predicted octanol–water partition coefficient (Wildman–Crippen LogP) is 2.44. The summed E-state index contributed by atoms with van der Waals surface area (Å²) in [5.74, 6) is 0. The highest BCUT2D eigenvalue weighted by Gasteiger charge is 1.97. The number of aromatic nitrogens is 1. The molecule has 0 saturated heterocycles. The highest BCUT2D eigenvalue weighted by molar-refractivity contribution is 9.11. The summed E-state index contributed by atoms with van der Waals surface area (Å²) in [5, 5.41) is 1.02. The molecule has 0 unspecified atom stereocenters. The Morgan fingerprint density at radius 2 is 2.60 bits per heavy atom. The first-order valence-electron chi connectivity index (χ1n) is 3.01. The van der Waals surface area contributed by atoms with E-state index in [1.165, 1.54) is 0 Å². The number of thiazole rings is 1. The van der Waals surface area contributed by atoms with Crippen molar-refractivity contribution in [2.75, 3.05) is 6.61 Å². The minimum atomic E-state index is 0.632. The maximum absolute atomic E-state index is 5.16. The summed E-state index contributed by atoms with van der Waals surface area (Å²) in [5.41, 5.74) is 0. The molecule has 56 valence electrons. The molecule has 0 fully saturated rings. The van der Waals surface area contributed by atoms with Crippen LogP contribution in [0.15, 0.2) is 9.98 Å². The van der Waals surface area contributed by atoms with Crippen LogP contribution in [0.1, 0.15) is 11.9 Å². The molecule has 1 rings (SSSR count). The van der Waals surface area contributed by atoms with Crippen LogP contribution in [0.4, 0.5) is 0 Å². The molecular formula is C6H8BrNOS. The van der Waals surface area contributed by atoms with Crippen LogP contribution in [0.3, 0.4) is 0 Å². The molecule has 0 spiro atoms. The molecule has 1 aromatic heterocycles. The molecule has 0 N–H and O–H groups in total. The van der Waals surface area contributed by atoms with Gasteiger partial charge in [0.15, 0.2) is 0 Å². The predicted molar refractivity (Wildman–Crippen MR) is 45.1 cm³/mol. The van der Waals surface area contributed by atoms with E-state index in [0.717, 1.165) is 15.4 Å². The van der Waals surface area contributed by atoms with Gasteiger partial charge < -0.3 is 4.74 Å². The van der Waals surface area contributed by atoms with Crippen molar-refractivity contribution < 1.29 is 4.74 Å². The Balaban J connectivity index is 2.42. The van der Waals surface area contributed by atoms with E-state index in [0.29, 0.717) is 6.61 Å². The first-order valence-corrected chi connectivity index (χ1v) is 4.62. The molecule has 0 bridgehead atoms. The number of halogens is 1. The topological polar surface area (TPSA) is 22.1 Å². The first-order chi connectivity index (χ1) is 4.83. The number of ether oxygens (including phenoxy) is 1. The lowest BCUT2D eigenvalue weighted by Crippen LogP contribution is -1.89. The van der Waals surface area contributed by atoms with Crippen LogP contribution < -0.4 is 0 Å². The number of hydrogen-bond acceptors (Lipinski definition) is 3. The standard InChI is InChI=1S/C6H8BrNOS/c1-2-9-4-6-8-3-5(7)10-6/h3H,2,4H2,1H3. The Kier molecular flexibility index (Phi) is 3.31. The highest BCUT2D eigenvalue weighted by atomic mass is 79.9. The molecule has 0 aliphatic heterocycles. The van der Waals surface area contributed by atoms with E-state index in [2.05, 4.69) is 20.9 Å². The van der Waals surface area contributed by atoms with Gasteiger partial charge in [0.05, 0.1) is 16.6 Å². The Bertz CT molecular complexity index is 201. The lowest BCUT2D eigenvalue weighted by atomic mass is 10.7. The van der Waals surface area contributed by atoms with Gasteiger partial charge in [-0.15, -0.1) is 11.3 Å². The minimum absolute atomic E-state index is 0.632. The summed E-state index contributed by atoms with van der Waals surface area (Å²) in [6, 6.07) is 0. The van der Waals surface area contributed by atoms with Gasteiger partial charge in [0, 0.05) is 6.61 Å². The van der Waals surface area contributed by atoms with Crippen molar-refractivity contribution in [3.8, 4) is 0 Å². The van der Waals surface area contributed by atoms with Gasteiger partial charge in [-0.3, -0.25) is 0 Å². The molecule has 0 radical (unpaired) electrons. The fourth-order valence-electron chi connectivity index (χ4n) is 0.544. The van der Waals surface area contributed by atoms with Gasteiger partial charge in [-0.25, -0.2) is 4.98 Å². The number of nitrogens with zero attached hydrogens (tertiary/aromatic N) is 1. The van der Waals surface area contributed by atoms with Crippen LogP contribution in [0.2, 0.25) is 0 Å².